The number of amides is 2. The molecule has 70 heavy (non-hydrogen) atoms. The monoisotopic (exact) mass is 1000 g/mol. The zero-order valence-electron chi connectivity index (χ0n) is 37.4. The number of hydrogen-bond acceptors (Lipinski definition) is 9. The lowest BCUT2D eigenvalue weighted by molar-refractivity contribution is -0.384. The Kier molecular flexibility index (Phi) is 14.1. The summed E-state index contributed by atoms with van der Waals surface area (Å²) in [6.45, 7) is 6.37. The van der Waals surface area contributed by atoms with Gasteiger partial charge in [0.1, 0.15) is 0 Å². The summed E-state index contributed by atoms with van der Waals surface area (Å²) in [7, 11) is 0. The molecule has 0 saturated carbocycles. The van der Waals surface area contributed by atoms with E-state index in [1.807, 2.05) is 0 Å². The molecule has 0 aliphatic carbocycles. The van der Waals surface area contributed by atoms with Gasteiger partial charge in [-0.3, -0.25) is 19.7 Å². The highest BCUT2D eigenvalue weighted by Gasteiger charge is 2.63. The van der Waals surface area contributed by atoms with E-state index in [1.165, 1.54) is 48.5 Å². The molecule has 20 heteroatoms. The Bertz CT molecular complexity index is 3050. The predicted molar refractivity (Wildman–Crippen MR) is 255 cm³/mol. The normalized spacial score (nSPS) is 17.5. The lowest BCUT2D eigenvalue weighted by Crippen LogP contribution is -2.42. The number of nitro benzene ring substituents is 1. The van der Waals surface area contributed by atoms with Crippen LogP contribution < -0.4 is 16.4 Å². The van der Waals surface area contributed by atoms with Crippen molar-refractivity contribution in [1.29, 1.82) is 0 Å². The van der Waals surface area contributed by atoms with Crippen LogP contribution in [0.2, 0.25) is 10.0 Å². The first-order valence-corrected chi connectivity index (χ1v) is 21.8. The maximum atomic E-state index is 14.4. The summed E-state index contributed by atoms with van der Waals surface area (Å²) in [6.07, 6.45) is -10.6. The minimum Gasteiger partial charge on any atom is -0.399 e. The van der Waals surface area contributed by atoms with Gasteiger partial charge in [0.05, 0.1) is 16.3 Å². The molecule has 0 spiro atoms. The number of nitrogens with one attached hydrogen (secondary N) is 2. The Morgan fingerprint density at radius 2 is 0.986 bits per heavy atom. The van der Waals surface area contributed by atoms with Crippen LogP contribution in [0.15, 0.2) is 132 Å². The summed E-state index contributed by atoms with van der Waals surface area (Å²) in [5, 5.41) is 24.9. The number of non-ortho nitro benzene ring substituents is 1. The number of aryl methyl sites for hydroxylation is 4. The van der Waals surface area contributed by atoms with Crippen LogP contribution in [-0.4, -0.2) is 40.5 Å². The molecule has 6 aromatic rings. The molecule has 0 aromatic heterocycles. The second-order valence-electron chi connectivity index (χ2n) is 16.6. The number of hydrogen-bond donors (Lipinski definition) is 3. The minimum absolute atomic E-state index is 0.0407. The Hall–Kier alpha value is -7.44. The third-order valence-electron chi connectivity index (χ3n) is 11.7. The van der Waals surface area contributed by atoms with Gasteiger partial charge in [0.25, 0.3) is 28.7 Å². The van der Waals surface area contributed by atoms with Crippen molar-refractivity contribution >= 4 is 69.2 Å². The maximum Gasteiger partial charge on any atom is 0.435 e. The van der Waals surface area contributed by atoms with E-state index in [4.69, 9.17) is 38.6 Å². The summed E-state index contributed by atoms with van der Waals surface area (Å²) in [5.74, 6) is -1.05. The van der Waals surface area contributed by atoms with E-state index in [0.29, 0.717) is 66.1 Å². The van der Waals surface area contributed by atoms with Crippen LogP contribution in [-0.2, 0) is 20.9 Å². The van der Waals surface area contributed by atoms with Gasteiger partial charge in [-0.15, -0.1) is 0 Å². The van der Waals surface area contributed by atoms with Crippen LogP contribution in [0.3, 0.4) is 0 Å². The molecule has 0 saturated heterocycles. The van der Waals surface area contributed by atoms with E-state index in [0.717, 1.165) is 6.07 Å². The van der Waals surface area contributed by atoms with Gasteiger partial charge in [-0.05, 0) is 134 Å². The van der Waals surface area contributed by atoms with Crippen molar-refractivity contribution in [3.63, 3.8) is 0 Å². The van der Waals surface area contributed by atoms with E-state index >= 15 is 0 Å². The van der Waals surface area contributed by atoms with E-state index in [9.17, 15) is 46.0 Å². The van der Waals surface area contributed by atoms with Gasteiger partial charge in [-0.1, -0.05) is 69.9 Å². The molecule has 0 radical (unpaired) electrons. The fraction of sp³-hybridized carbons (Fsp3) is 0.200. The molecule has 6 aromatic carbocycles. The van der Waals surface area contributed by atoms with Crippen LogP contribution >= 0.6 is 23.2 Å². The van der Waals surface area contributed by atoms with Crippen LogP contribution in [0.1, 0.15) is 78.1 Å². The Morgan fingerprint density at radius 1 is 0.614 bits per heavy atom. The molecule has 2 amide bonds. The fourth-order valence-electron chi connectivity index (χ4n) is 8.00. The number of nitrogen functional groups attached to an aromatic ring is 1. The van der Waals surface area contributed by atoms with Crippen molar-refractivity contribution < 1.29 is 50.5 Å². The van der Waals surface area contributed by atoms with Gasteiger partial charge in [0, 0.05) is 74.3 Å². The van der Waals surface area contributed by atoms with Gasteiger partial charge < -0.3 is 26.0 Å². The van der Waals surface area contributed by atoms with Gasteiger partial charge in [0.2, 0.25) is 0 Å². The topological polar surface area (TPSA) is 171 Å². The molecule has 2 atom stereocenters. The molecule has 2 aliphatic rings. The van der Waals surface area contributed by atoms with Crippen molar-refractivity contribution in [1.82, 2.24) is 0 Å². The fourth-order valence-corrected chi connectivity index (χ4v) is 8.25. The second kappa shape index (κ2) is 19.5. The van der Waals surface area contributed by atoms with Crippen LogP contribution in [0.5, 0.6) is 0 Å². The summed E-state index contributed by atoms with van der Waals surface area (Å²) in [4.78, 5) is 46.0. The molecular weight excluding hydrogens is 965 g/mol. The van der Waals surface area contributed by atoms with Gasteiger partial charge >= 0.3 is 12.4 Å². The average Bonchev–Trinajstić information content (AvgIpc) is 3.98. The van der Waals surface area contributed by atoms with E-state index in [-0.39, 0.29) is 33.8 Å². The molecule has 2 unspecified atom stereocenters. The van der Waals surface area contributed by atoms with Crippen molar-refractivity contribution in [3.8, 4) is 0 Å². The number of nitrogens with two attached hydrogens (primary N) is 1. The molecular formula is C50H40Cl2F6N6O6. The Labute approximate surface area is 406 Å². The van der Waals surface area contributed by atoms with Crippen LogP contribution in [0.25, 0.3) is 0 Å². The third-order valence-corrected chi connectivity index (χ3v) is 12.2. The Balaban J connectivity index is 0.000000207. The van der Waals surface area contributed by atoms with Crippen LogP contribution in [0, 0.1) is 37.8 Å². The SMILES string of the molecule is Cc1cc(C2(C(F)(F)F)CC(c3ccc(Cl)cc3)=NO2)cc(C)c1NC(=O)c1cccc(N)c1.Cc1cc(C2(C(F)(F)F)CC(c3ccc(Cl)cc3)=NO2)cc(C)c1NC(=O)c1cccc([N+](=O)[O-])c1. The molecule has 0 bridgehead atoms. The lowest BCUT2D eigenvalue weighted by atomic mass is 9.84. The zero-order chi connectivity index (χ0) is 50.9. The van der Waals surface area contributed by atoms with Crippen molar-refractivity contribution in [2.75, 3.05) is 16.4 Å². The average molecular weight is 1010 g/mol. The molecule has 8 rings (SSSR count). The molecule has 2 heterocycles. The van der Waals surface area contributed by atoms with Crippen molar-refractivity contribution in [2.24, 2.45) is 10.3 Å². The number of oxime groups is 2. The number of halogens is 8. The summed E-state index contributed by atoms with van der Waals surface area (Å²) in [6, 6.07) is 29.5. The number of alkyl halides is 6. The van der Waals surface area contributed by atoms with Crippen molar-refractivity contribution in [2.45, 2.75) is 64.1 Å². The molecule has 0 fully saturated rings. The lowest BCUT2D eigenvalue weighted by Gasteiger charge is -2.30. The van der Waals surface area contributed by atoms with E-state index in [2.05, 4.69) is 20.9 Å². The number of benzene rings is 6. The second-order valence-corrected chi connectivity index (χ2v) is 17.5. The standard InChI is InChI=1S/C25H19ClF3N3O4.C25H21ClF3N3O2/c1-14-10-18(11-15(2)22(14)30-23(33)17-4-3-5-20(12-17)32(34)35)24(25(27,28)29)13-21(31-36-24)16-6-8-19(26)9-7-16;1-14-10-18(11-15(2)22(14)31-23(33)17-4-3-5-20(30)12-17)24(25(27,28)29)13-21(32-34-24)16-6-8-19(26)9-7-16/h3-12H,13H2,1-2H3,(H,30,33);3-12H,13,30H2,1-2H3,(H,31,33). The Morgan fingerprint density at radius 3 is 1.34 bits per heavy atom. The summed E-state index contributed by atoms with van der Waals surface area (Å²) in [5.41, 5.74) is 4.28. The number of carbonyl (C=O) groups is 2. The predicted octanol–water partition coefficient (Wildman–Crippen LogP) is 13.1. The number of nitro groups is 1. The van der Waals surface area contributed by atoms with Gasteiger partial charge in [-0.25, -0.2) is 0 Å². The maximum absolute atomic E-state index is 14.4. The van der Waals surface area contributed by atoms with Gasteiger partial charge in [0.15, 0.2) is 0 Å². The molecule has 2 aliphatic heterocycles. The highest BCUT2D eigenvalue weighted by molar-refractivity contribution is 6.31. The minimum atomic E-state index is -4.79. The summed E-state index contributed by atoms with van der Waals surface area (Å²) < 4.78 is 86.4. The first-order valence-electron chi connectivity index (χ1n) is 21.0. The largest absolute Gasteiger partial charge is 0.435 e. The zero-order valence-corrected chi connectivity index (χ0v) is 38.9. The third kappa shape index (κ3) is 10.3. The number of nitrogens with zero attached hydrogens (tertiary/aromatic N) is 3. The molecule has 12 nitrogen and oxygen atoms in total. The highest BCUT2D eigenvalue weighted by Crippen LogP contribution is 2.51. The highest BCUT2D eigenvalue weighted by atomic mass is 35.5. The summed E-state index contributed by atoms with van der Waals surface area (Å²) >= 11 is 11.8. The smallest absolute Gasteiger partial charge is 0.399 e. The number of carbonyl (C=O) groups excluding carboxylic acids is 2. The van der Waals surface area contributed by atoms with E-state index < -0.39 is 53.1 Å². The molecule has 4 N–H and O–H groups in total. The first kappa shape index (κ1) is 50.4. The number of rotatable bonds is 9. The van der Waals surface area contributed by atoms with Crippen LogP contribution in [0.4, 0.5) is 49.1 Å². The van der Waals surface area contributed by atoms with E-state index in [1.54, 1.807) is 94.4 Å². The molecule has 362 valence electrons. The van der Waals surface area contributed by atoms with Crippen molar-refractivity contribution in [3.05, 3.63) is 197 Å². The quantitative estimate of drug-likeness (QED) is 0.0560. The number of anilines is 3. The van der Waals surface area contributed by atoms with Gasteiger partial charge in [-0.2, -0.15) is 26.3 Å². The first-order chi connectivity index (χ1) is 32.9.